The highest BCUT2D eigenvalue weighted by Gasteiger charge is 2.10. The van der Waals surface area contributed by atoms with Gasteiger partial charge in [0.1, 0.15) is 0 Å². The molecule has 0 atom stereocenters. The molecule has 1 aromatic rings. The number of aryl methyl sites for hydroxylation is 2. The van der Waals surface area contributed by atoms with Gasteiger partial charge in [0.2, 0.25) is 5.88 Å². The zero-order chi connectivity index (χ0) is 12.0. The molecule has 1 rings (SSSR count). The van der Waals surface area contributed by atoms with E-state index in [0.717, 1.165) is 43.0 Å². The Bertz CT molecular complexity index is 339. The van der Waals surface area contributed by atoms with Crippen molar-refractivity contribution < 1.29 is 4.74 Å². The Hall–Kier alpha value is -0.760. The molecular weight excluding hydrogens is 222 g/mol. The Morgan fingerprint density at radius 2 is 2.12 bits per heavy atom. The van der Waals surface area contributed by atoms with E-state index in [-0.39, 0.29) is 0 Å². The molecule has 2 nitrogen and oxygen atoms in total. The van der Waals surface area contributed by atoms with Gasteiger partial charge < -0.3 is 4.74 Å². The second-order valence-corrected chi connectivity index (χ2v) is 4.16. The van der Waals surface area contributed by atoms with Crippen molar-refractivity contribution in [1.82, 2.24) is 4.98 Å². The molecule has 0 aromatic carbocycles. The van der Waals surface area contributed by atoms with Crippen LogP contribution in [0.4, 0.5) is 0 Å². The summed E-state index contributed by atoms with van der Waals surface area (Å²) in [4.78, 5) is 4.42. The average molecular weight is 242 g/mol. The van der Waals surface area contributed by atoms with Crippen LogP contribution in [-0.4, -0.2) is 11.6 Å². The normalized spacial score (nSPS) is 10.5. The Kier molecular flexibility index (Phi) is 5.61. The standard InChI is InChI=1S/C13H20ClNO/c1-4-6-7-16-13-12(9-14)11(5-2)8-10(3)15-13/h8H,4-7,9H2,1-3H3. The third-order valence-electron chi connectivity index (χ3n) is 2.56. The second kappa shape index (κ2) is 6.74. The molecule has 0 aliphatic rings. The largest absolute Gasteiger partial charge is 0.477 e. The van der Waals surface area contributed by atoms with E-state index in [4.69, 9.17) is 16.3 Å². The minimum Gasteiger partial charge on any atom is -0.477 e. The van der Waals surface area contributed by atoms with Gasteiger partial charge in [0.25, 0.3) is 0 Å². The van der Waals surface area contributed by atoms with Crippen LogP contribution in [0.1, 0.15) is 43.5 Å². The first-order chi connectivity index (χ1) is 7.72. The first-order valence-electron chi connectivity index (χ1n) is 5.91. The van der Waals surface area contributed by atoms with E-state index in [1.165, 1.54) is 5.56 Å². The van der Waals surface area contributed by atoms with E-state index in [0.29, 0.717) is 5.88 Å². The number of pyridine rings is 1. The highest BCUT2D eigenvalue weighted by Crippen LogP contribution is 2.24. The maximum Gasteiger partial charge on any atom is 0.218 e. The summed E-state index contributed by atoms with van der Waals surface area (Å²) in [6.07, 6.45) is 3.15. The summed E-state index contributed by atoms with van der Waals surface area (Å²) in [5.41, 5.74) is 3.29. The number of nitrogens with zero attached hydrogens (tertiary/aromatic N) is 1. The molecule has 0 saturated heterocycles. The van der Waals surface area contributed by atoms with Gasteiger partial charge in [-0.25, -0.2) is 4.98 Å². The third-order valence-corrected chi connectivity index (χ3v) is 2.83. The van der Waals surface area contributed by atoms with Crippen molar-refractivity contribution in [2.45, 2.75) is 45.9 Å². The van der Waals surface area contributed by atoms with Crippen LogP contribution in [0.5, 0.6) is 5.88 Å². The molecule has 1 heterocycles. The lowest BCUT2D eigenvalue weighted by atomic mass is 10.1. The summed E-state index contributed by atoms with van der Waals surface area (Å²) >= 11 is 5.96. The summed E-state index contributed by atoms with van der Waals surface area (Å²) < 4.78 is 5.70. The minimum atomic E-state index is 0.470. The number of rotatable bonds is 6. The Balaban J connectivity index is 2.91. The van der Waals surface area contributed by atoms with Gasteiger partial charge in [-0.05, 0) is 31.4 Å². The van der Waals surface area contributed by atoms with Gasteiger partial charge >= 0.3 is 0 Å². The number of ether oxygens (including phenoxy) is 1. The van der Waals surface area contributed by atoms with Crippen LogP contribution in [0, 0.1) is 6.92 Å². The van der Waals surface area contributed by atoms with Gasteiger partial charge in [0, 0.05) is 11.3 Å². The molecule has 90 valence electrons. The van der Waals surface area contributed by atoms with Gasteiger partial charge in [-0.2, -0.15) is 0 Å². The first kappa shape index (κ1) is 13.3. The van der Waals surface area contributed by atoms with E-state index in [2.05, 4.69) is 24.9 Å². The third kappa shape index (κ3) is 3.38. The van der Waals surface area contributed by atoms with Crippen LogP contribution < -0.4 is 4.74 Å². The van der Waals surface area contributed by atoms with E-state index in [1.807, 2.05) is 6.92 Å². The van der Waals surface area contributed by atoms with E-state index in [9.17, 15) is 0 Å². The number of hydrogen-bond acceptors (Lipinski definition) is 2. The maximum atomic E-state index is 5.96. The molecule has 0 unspecified atom stereocenters. The molecule has 0 saturated carbocycles. The monoisotopic (exact) mass is 241 g/mol. The molecule has 0 radical (unpaired) electrons. The van der Waals surface area contributed by atoms with Crippen molar-refractivity contribution in [3.63, 3.8) is 0 Å². The molecule has 0 amide bonds. The van der Waals surface area contributed by atoms with Crippen molar-refractivity contribution in [3.8, 4) is 5.88 Å². The smallest absolute Gasteiger partial charge is 0.218 e. The number of alkyl halides is 1. The Labute approximate surface area is 103 Å². The van der Waals surface area contributed by atoms with Gasteiger partial charge in [-0.3, -0.25) is 0 Å². The molecule has 16 heavy (non-hydrogen) atoms. The van der Waals surface area contributed by atoms with Crippen molar-refractivity contribution in [1.29, 1.82) is 0 Å². The predicted molar refractivity (Wildman–Crippen MR) is 68.3 cm³/mol. The van der Waals surface area contributed by atoms with Gasteiger partial charge in [0.05, 0.1) is 12.5 Å². The quantitative estimate of drug-likeness (QED) is 0.557. The average Bonchev–Trinajstić information content (AvgIpc) is 2.28. The fourth-order valence-corrected chi connectivity index (χ4v) is 1.91. The van der Waals surface area contributed by atoms with Crippen molar-refractivity contribution in [2.24, 2.45) is 0 Å². The molecule has 0 N–H and O–H groups in total. The molecule has 0 bridgehead atoms. The van der Waals surface area contributed by atoms with Crippen LogP contribution in [-0.2, 0) is 12.3 Å². The second-order valence-electron chi connectivity index (χ2n) is 3.90. The molecule has 0 aliphatic carbocycles. The van der Waals surface area contributed by atoms with Crippen molar-refractivity contribution >= 4 is 11.6 Å². The summed E-state index contributed by atoms with van der Waals surface area (Å²) in [7, 11) is 0. The van der Waals surface area contributed by atoms with Gasteiger partial charge in [-0.15, -0.1) is 11.6 Å². The summed E-state index contributed by atoms with van der Waals surface area (Å²) in [5, 5.41) is 0. The number of halogens is 1. The summed E-state index contributed by atoms with van der Waals surface area (Å²) in [6, 6.07) is 2.09. The topological polar surface area (TPSA) is 22.1 Å². The Morgan fingerprint density at radius 1 is 1.38 bits per heavy atom. The minimum absolute atomic E-state index is 0.470. The van der Waals surface area contributed by atoms with Crippen molar-refractivity contribution in [3.05, 3.63) is 22.9 Å². The molecule has 0 aliphatic heterocycles. The van der Waals surface area contributed by atoms with E-state index < -0.39 is 0 Å². The van der Waals surface area contributed by atoms with E-state index in [1.54, 1.807) is 0 Å². The number of aromatic nitrogens is 1. The molecule has 0 spiro atoms. The SMILES string of the molecule is CCCCOc1nc(C)cc(CC)c1CCl. The zero-order valence-corrected chi connectivity index (χ0v) is 11.1. The highest BCUT2D eigenvalue weighted by molar-refractivity contribution is 6.17. The van der Waals surface area contributed by atoms with Gasteiger partial charge in [-0.1, -0.05) is 20.3 Å². The van der Waals surface area contributed by atoms with Crippen LogP contribution in [0.2, 0.25) is 0 Å². The van der Waals surface area contributed by atoms with Crippen LogP contribution >= 0.6 is 11.6 Å². The summed E-state index contributed by atoms with van der Waals surface area (Å²) in [6.45, 7) is 6.98. The highest BCUT2D eigenvalue weighted by atomic mass is 35.5. The number of unbranched alkanes of at least 4 members (excludes halogenated alkanes) is 1. The maximum absolute atomic E-state index is 5.96. The fraction of sp³-hybridized carbons (Fsp3) is 0.615. The Morgan fingerprint density at radius 3 is 2.69 bits per heavy atom. The lowest BCUT2D eigenvalue weighted by Gasteiger charge is -2.13. The lowest BCUT2D eigenvalue weighted by molar-refractivity contribution is 0.294. The van der Waals surface area contributed by atoms with Crippen LogP contribution in [0.3, 0.4) is 0 Å². The molecule has 0 fully saturated rings. The zero-order valence-electron chi connectivity index (χ0n) is 10.3. The fourth-order valence-electron chi connectivity index (χ4n) is 1.63. The number of hydrogen-bond donors (Lipinski definition) is 0. The van der Waals surface area contributed by atoms with Crippen molar-refractivity contribution in [2.75, 3.05) is 6.61 Å². The first-order valence-corrected chi connectivity index (χ1v) is 6.44. The van der Waals surface area contributed by atoms with Crippen LogP contribution in [0.25, 0.3) is 0 Å². The van der Waals surface area contributed by atoms with Gasteiger partial charge in [0.15, 0.2) is 0 Å². The molecule has 1 aromatic heterocycles. The predicted octanol–water partition coefficient (Wildman–Crippen LogP) is 3.87. The molecular formula is C13H20ClNO. The van der Waals surface area contributed by atoms with Crippen LogP contribution in [0.15, 0.2) is 6.07 Å². The molecule has 3 heteroatoms. The summed E-state index contributed by atoms with van der Waals surface area (Å²) in [5.74, 6) is 1.19. The lowest BCUT2D eigenvalue weighted by Crippen LogP contribution is -2.05. The van der Waals surface area contributed by atoms with E-state index >= 15 is 0 Å².